The number of carbonyl (C=O) groups is 1. The highest BCUT2D eigenvalue weighted by atomic mass is 79.9. The Morgan fingerprint density at radius 3 is 1.32 bits per heavy atom. The van der Waals surface area contributed by atoms with Crippen LogP contribution in [0.5, 0.6) is 11.5 Å². The summed E-state index contributed by atoms with van der Waals surface area (Å²) in [5.74, 6) is -0.523. The molecule has 5 nitrogen and oxygen atoms in total. The maximum atomic E-state index is 12.0. The fraction of sp³-hybridized carbons (Fsp3) is 0.0800. The number of nitrogens with zero attached hydrogens (tertiary/aromatic N) is 2. The lowest BCUT2D eigenvalue weighted by atomic mass is 10.1. The van der Waals surface area contributed by atoms with E-state index in [4.69, 9.17) is 0 Å². The van der Waals surface area contributed by atoms with Crippen LogP contribution in [-0.2, 0) is 0 Å². The largest absolute Gasteiger partial charge is 0.573 e. The molecule has 0 fully saturated rings. The molecule has 2 aromatic carbocycles. The zero-order valence-corrected chi connectivity index (χ0v) is 20.0. The molecule has 0 radical (unpaired) electrons. The molecule has 0 aliphatic rings. The second-order valence-electron chi connectivity index (χ2n) is 7.10. The standard InChI is InChI=1S/C13H8F3NO2.C12H7BrF3NO/c14-13(15,16)19-12-5-2-9(3-6-12)10-1-4-11(8-18)17-7-10;13-11-6-3-9(7-17-11)8-1-4-10(5-2-8)18-12(14,15)16/h1-8H;1-7H. The molecule has 0 bridgehead atoms. The van der Waals surface area contributed by atoms with Crippen LogP contribution >= 0.6 is 15.9 Å². The van der Waals surface area contributed by atoms with Gasteiger partial charge in [0.25, 0.3) is 0 Å². The van der Waals surface area contributed by atoms with Gasteiger partial charge in [0.1, 0.15) is 21.8 Å². The van der Waals surface area contributed by atoms with Crippen LogP contribution in [0, 0.1) is 0 Å². The Morgan fingerprint density at radius 2 is 1.00 bits per heavy atom. The number of rotatable bonds is 5. The van der Waals surface area contributed by atoms with Crippen molar-refractivity contribution in [1.82, 2.24) is 9.97 Å². The van der Waals surface area contributed by atoms with Crippen molar-refractivity contribution in [3.63, 3.8) is 0 Å². The Bertz CT molecular complexity index is 1290. The van der Waals surface area contributed by atoms with E-state index in [1.807, 2.05) is 6.07 Å². The number of benzene rings is 2. The third-order valence-corrected chi connectivity index (χ3v) is 4.95. The average molecular weight is 585 g/mol. The van der Waals surface area contributed by atoms with E-state index in [9.17, 15) is 31.1 Å². The van der Waals surface area contributed by atoms with E-state index in [0.29, 0.717) is 27.7 Å². The van der Waals surface area contributed by atoms with Crippen molar-refractivity contribution in [1.29, 1.82) is 0 Å². The summed E-state index contributed by atoms with van der Waals surface area (Å²) >= 11 is 3.21. The molecular weight excluding hydrogens is 570 g/mol. The Hall–Kier alpha value is -3.93. The average Bonchev–Trinajstić information content (AvgIpc) is 2.84. The number of aromatic nitrogens is 2. The van der Waals surface area contributed by atoms with Gasteiger partial charge < -0.3 is 9.47 Å². The summed E-state index contributed by atoms with van der Waals surface area (Å²) in [6, 6.07) is 17.8. The van der Waals surface area contributed by atoms with Crippen molar-refractivity contribution in [2.24, 2.45) is 0 Å². The fourth-order valence-corrected chi connectivity index (χ4v) is 3.13. The second kappa shape index (κ2) is 11.9. The molecule has 12 heteroatoms. The Balaban J connectivity index is 0.000000206. The quantitative estimate of drug-likeness (QED) is 0.136. The van der Waals surface area contributed by atoms with Gasteiger partial charge in [-0.05, 0) is 63.5 Å². The first-order valence-electron chi connectivity index (χ1n) is 10.2. The minimum Gasteiger partial charge on any atom is -0.406 e. The minimum absolute atomic E-state index is 0.240. The molecule has 0 aliphatic heterocycles. The molecule has 37 heavy (non-hydrogen) atoms. The zero-order chi connectivity index (χ0) is 27.1. The van der Waals surface area contributed by atoms with Crippen LogP contribution < -0.4 is 9.47 Å². The third kappa shape index (κ3) is 9.22. The van der Waals surface area contributed by atoms with Crippen molar-refractivity contribution in [3.8, 4) is 33.8 Å². The first kappa shape index (κ1) is 27.7. The SMILES string of the molecule is FC(F)(F)Oc1ccc(-c2ccc(Br)nc2)cc1.O=Cc1ccc(-c2ccc(OC(F)(F)F)cc2)cn1. The maximum Gasteiger partial charge on any atom is 0.573 e. The molecular formula is C25H15BrF6N2O3. The van der Waals surface area contributed by atoms with Crippen molar-refractivity contribution in [2.45, 2.75) is 12.7 Å². The number of hydrogen-bond donors (Lipinski definition) is 0. The minimum atomic E-state index is -4.70. The molecule has 0 amide bonds. The molecule has 0 atom stereocenters. The summed E-state index contributed by atoms with van der Waals surface area (Å²) in [5.41, 5.74) is 3.26. The van der Waals surface area contributed by atoms with E-state index in [1.165, 1.54) is 48.7 Å². The highest BCUT2D eigenvalue weighted by molar-refractivity contribution is 9.10. The van der Waals surface area contributed by atoms with E-state index < -0.39 is 12.7 Å². The van der Waals surface area contributed by atoms with Crippen molar-refractivity contribution in [3.05, 3.63) is 95.5 Å². The Morgan fingerprint density at radius 1 is 0.595 bits per heavy atom. The maximum absolute atomic E-state index is 12.0. The van der Waals surface area contributed by atoms with Crippen LogP contribution in [0.15, 0.2) is 89.8 Å². The Labute approximate surface area is 214 Å². The van der Waals surface area contributed by atoms with Crippen LogP contribution in [-0.4, -0.2) is 29.0 Å². The molecule has 0 unspecified atom stereocenters. The third-order valence-electron chi connectivity index (χ3n) is 4.48. The van der Waals surface area contributed by atoms with Crippen LogP contribution in [0.4, 0.5) is 26.3 Å². The number of alkyl halides is 6. The van der Waals surface area contributed by atoms with Gasteiger partial charge in [0, 0.05) is 23.5 Å². The molecule has 0 N–H and O–H groups in total. The highest BCUT2D eigenvalue weighted by Gasteiger charge is 2.31. The topological polar surface area (TPSA) is 61.3 Å². The normalized spacial score (nSPS) is 11.2. The molecule has 0 saturated heterocycles. The van der Waals surface area contributed by atoms with E-state index in [2.05, 4.69) is 35.4 Å². The van der Waals surface area contributed by atoms with E-state index in [1.54, 1.807) is 30.5 Å². The molecule has 4 rings (SSSR count). The first-order valence-corrected chi connectivity index (χ1v) is 11.0. The lowest BCUT2D eigenvalue weighted by Crippen LogP contribution is -2.16. The molecule has 0 aliphatic carbocycles. The van der Waals surface area contributed by atoms with Gasteiger partial charge >= 0.3 is 12.7 Å². The summed E-state index contributed by atoms with van der Waals surface area (Å²) < 4.78 is 80.1. The van der Waals surface area contributed by atoms with Gasteiger partial charge in [-0.3, -0.25) is 9.78 Å². The number of carbonyl (C=O) groups excluding carboxylic acids is 1. The van der Waals surface area contributed by atoms with Crippen LogP contribution in [0.3, 0.4) is 0 Å². The summed E-state index contributed by atoms with van der Waals surface area (Å²) in [5, 5.41) is 0. The number of aldehydes is 1. The molecule has 2 heterocycles. The van der Waals surface area contributed by atoms with Gasteiger partial charge in [-0.1, -0.05) is 36.4 Å². The predicted molar refractivity (Wildman–Crippen MR) is 126 cm³/mol. The smallest absolute Gasteiger partial charge is 0.406 e. The van der Waals surface area contributed by atoms with Crippen molar-refractivity contribution >= 4 is 22.2 Å². The van der Waals surface area contributed by atoms with Gasteiger partial charge in [-0.25, -0.2) is 4.98 Å². The van der Waals surface area contributed by atoms with E-state index in [-0.39, 0.29) is 11.5 Å². The molecule has 192 valence electrons. The van der Waals surface area contributed by atoms with E-state index in [0.717, 1.165) is 11.1 Å². The lowest BCUT2D eigenvalue weighted by Gasteiger charge is -2.09. The molecule has 4 aromatic rings. The summed E-state index contributed by atoms with van der Waals surface area (Å²) in [6.07, 6.45) is -5.65. The van der Waals surface area contributed by atoms with Gasteiger partial charge in [-0.15, -0.1) is 26.3 Å². The number of halogens is 7. The van der Waals surface area contributed by atoms with Gasteiger partial charge in [0.05, 0.1) is 0 Å². The number of pyridine rings is 2. The van der Waals surface area contributed by atoms with Crippen LogP contribution in [0.25, 0.3) is 22.3 Å². The summed E-state index contributed by atoms with van der Waals surface area (Å²) in [4.78, 5) is 18.4. The Kier molecular flexibility index (Phi) is 8.87. The predicted octanol–water partition coefficient (Wildman–Crippen LogP) is 7.87. The fourth-order valence-electron chi connectivity index (χ4n) is 2.89. The molecule has 0 spiro atoms. The van der Waals surface area contributed by atoms with E-state index >= 15 is 0 Å². The first-order chi connectivity index (χ1) is 17.4. The van der Waals surface area contributed by atoms with Crippen LogP contribution in [0.2, 0.25) is 0 Å². The molecule has 2 aromatic heterocycles. The van der Waals surface area contributed by atoms with Crippen molar-refractivity contribution < 1.29 is 40.6 Å². The summed E-state index contributed by atoms with van der Waals surface area (Å²) in [6.45, 7) is 0. The lowest BCUT2D eigenvalue weighted by molar-refractivity contribution is -0.275. The second-order valence-corrected chi connectivity index (χ2v) is 7.92. The monoisotopic (exact) mass is 584 g/mol. The zero-order valence-electron chi connectivity index (χ0n) is 18.4. The number of hydrogen-bond acceptors (Lipinski definition) is 5. The van der Waals surface area contributed by atoms with Gasteiger partial charge in [0.15, 0.2) is 6.29 Å². The van der Waals surface area contributed by atoms with Gasteiger partial charge in [-0.2, -0.15) is 0 Å². The number of ether oxygens (including phenoxy) is 2. The highest BCUT2D eigenvalue weighted by Crippen LogP contribution is 2.27. The molecule has 0 saturated carbocycles. The van der Waals surface area contributed by atoms with Crippen LogP contribution in [0.1, 0.15) is 10.5 Å². The van der Waals surface area contributed by atoms with Crippen molar-refractivity contribution in [2.75, 3.05) is 0 Å². The van der Waals surface area contributed by atoms with Gasteiger partial charge in [0.2, 0.25) is 0 Å². The summed E-state index contributed by atoms with van der Waals surface area (Å²) in [7, 11) is 0.